The number of benzene rings is 3. The highest BCUT2D eigenvalue weighted by Gasteiger charge is 2.30. The lowest BCUT2D eigenvalue weighted by atomic mass is 9.83. The number of carbonyl (C=O) groups excluding carboxylic acids is 1. The summed E-state index contributed by atoms with van der Waals surface area (Å²) < 4.78 is 0. The Kier molecular flexibility index (Phi) is 4.11. The first-order valence-electron chi connectivity index (χ1n) is 9.02. The molecule has 0 aliphatic carbocycles. The van der Waals surface area contributed by atoms with Gasteiger partial charge >= 0.3 is 0 Å². The van der Waals surface area contributed by atoms with Crippen LogP contribution in [0.2, 0.25) is 0 Å². The van der Waals surface area contributed by atoms with E-state index in [9.17, 15) is 9.90 Å². The maximum Gasteiger partial charge on any atom is 0.230 e. The zero-order valence-electron chi connectivity index (χ0n) is 15.4. The van der Waals surface area contributed by atoms with Crippen molar-refractivity contribution in [2.45, 2.75) is 25.8 Å². The Hall–Kier alpha value is -3.27. The van der Waals surface area contributed by atoms with Gasteiger partial charge in [-0.15, -0.1) is 0 Å². The number of carbonyl (C=O) groups is 1. The first kappa shape index (κ1) is 17.2. The van der Waals surface area contributed by atoms with Crippen molar-refractivity contribution in [3.05, 3.63) is 77.9 Å². The summed E-state index contributed by atoms with van der Waals surface area (Å²) >= 11 is 0. The number of para-hydroxylation sites is 1. The molecule has 3 aromatic carbocycles. The number of hydrogen-bond donors (Lipinski definition) is 3. The van der Waals surface area contributed by atoms with Crippen LogP contribution in [-0.2, 0) is 16.8 Å². The Morgan fingerprint density at radius 3 is 2.44 bits per heavy atom. The van der Waals surface area contributed by atoms with E-state index in [1.54, 1.807) is 24.3 Å². The molecule has 1 heterocycles. The summed E-state index contributed by atoms with van der Waals surface area (Å²) in [5, 5.41) is 14.7. The van der Waals surface area contributed by atoms with E-state index >= 15 is 0 Å². The van der Waals surface area contributed by atoms with Gasteiger partial charge in [-0.05, 0) is 49.2 Å². The summed E-state index contributed by atoms with van der Waals surface area (Å²) in [6.07, 6.45) is 0. The fourth-order valence-electron chi connectivity index (χ4n) is 3.39. The molecule has 27 heavy (non-hydrogen) atoms. The molecule has 0 fully saturated rings. The second-order valence-corrected chi connectivity index (χ2v) is 7.41. The number of aromatic amines is 1. The summed E-state index contributed by atoms with van der Waals surface area (Å²) in [4.78, 5) is 16.3. The van der Waals surface area contributed by atoms with E-state index in [0.29, 0.717) is 6.54 Å². The monoisotopic (exact) mass is 358 g/mol. The second-order valence-electron chi connectivity index (χ2n) is 7.41. The topological polar surface area (TPSA) is 65.1 Å². The molecule has 4 heteroatoms. The molecule has 0 unspecified atom stereocenters. The van der Waals surface area contributed by atoms with Crippen molar-refractivity contribution in [2.75, 3.05) is 0 Å². The minimum Gasteiger partial charge on any atom is -0.508 e. The third-order valence-electron chi connectivity index (χ3n) is 5.18. The van der Waals surface area contributed by atoms with Crippen molar-refractivity contribution in [3.8, 4) is 5.75 Å². The quantitative estimate of drug-likeness (QED) is 0.498. The molecule has 1 aromatic heterocycles. The van der Waals surface area contributed by atoms with Crippen LogP contribution in [0, 0.1) is 0 Å². The Morgan fingerprint density at radius 2 is 1.67 bits per heavy atom. The largest absolute Gasteiger partial charge is 0.508 e. The van der Waals surface area contributed by atoms with Crippen LogP contribution < -0.4 is 5.32 Å². The van der Waals surface area contributed by atoms with E-state index in [4.69, 9.17) is 0 Å². The Labute approximate surface area is 157 Å². The van der Waals surface area contributed by atoms with Gasteiger partial charge in [0.15, 0.2) is 0 Å². The van der Waals surface area contributed by atoms with Gasteiger partial charge in [-0.3, -0.25) is 4.79 Å². The summed E-state index contributed by atoms with van der Waals surface area (Å²) in [6, 6.07) is 21.2. The van der Waals surface area contributed by atoms with Crippen molar-refractivity contribution in [3.63, 3.8) is 0 Å². The number of H-pyrrole nitrogens is 1. The van der Waals surface area contributed by atoms with Gasteiger partial charge in [-0.25, -0.2) is 0 Å². The molecule has 0 radical (unpaired) electrons. The lowest BCUT2D eigenvalue weighted by molar-refractivity contribution is -0.125. The fourth-order valence-corrected chi connectivity index (χ4v) is 3.39. The minimum absolute atomic E-state index is 0.0361. The van der Waals surface area contributed by atoms with Gasteiger partial charge in [-0.1, -0.05) is 42.5 Å². The number of aromatic hydroxyl groups is 1. The van der Waals surface area contributed by atoms with Gasteiger partial charge in [0.1, 0.15) is 5.75 Å². The van der Waals surface area contributed by atoms with Crippen molar-refractivity contribution >= 4 is 27.7 Å². The average molecular weight is 358 g/mol. The van der Waals surface area contributed by atoms with Crippen LogP contribution in [0.4, 0.5) is 0 Å². The minimum atomic E-state index is -0.664. The summed E-state index contributed by atoms with van der Waals surface area (Å²) in [5.41, 5.74) is 3.38. The molecule has 0 saturated heterocycles. The molecular formula is C23H22N2O2. The molecule has 3 N–H and O–H groups in total. The first-order valence-corrected chi connectivity index (χ1v) is 9.02. The van der Waals surface area contributed by atoms with Crippen LogP contribution in [0.1, 0.15) is 25.0 Å². The molecule has 0 spiro atoms. The standard InChI is InChI=1S/C23H22N2O2/c1-23(2,22(27)24-14-15-7-10-17(26)11-8-15)16-9-12-19-18-5-3-4-6-20(18)25-21(19)13-16/h3-13,25-26H,14H2,1-2H3,(H,24,27). The van der Waals surface area contributed by atoms with Crippen LogP contribution in [0.25, 0.3) is 21.8 Å². The van der Waals surface area contributed by atoms with Gasteiger partial charge in [0.2, 0.25) is 5.91 Å². The van der Waals surface area contributed by atoms with E-state index in [2.05, 4.69) is 34.6 Å². The zero-order chi connectivity index (χ0) is 19.0. The molecule has 4 nitrogen and oxygen atoms in total. The Bertz CT molecular complexity index is 1120. The van der Waals surface area contributed by atoms with Crippen LogP contribution in [0.15, 0.2) is 66.7 Å². The smallest absolute Gasteiger partial charge is 0.230 e. The van der Waals surface area contributed by atoms with E-state index in [1.807, 2.05) is 32.0 Å². The third kappa shape index (κ3) is 3.14. The van der Waals surface area contributed by atoms with Gasteiger partial charge in [0, 0.05) is 28.4 Å². The number of fused-ring (bicyclic) bond motifs is 3. The van der Waals surface area contributed by atoms with Crippen LogP contribution in [0.3, 0.4) is 0 Å². The third-order valence-corrected chi connectivity index (χ3v) is 5.18. The summed E-state index contributed by atoms with van der Waals surface area (Å²) in [7, 11) is 0. The number of rotatable bonds is 4. The lowest BCUT2D eigenvalue weighted by Crippen LogP contribution is -2.39. The zero-order valence-corrected chi connectivity index (χ0v) is 15.4. The number of aromatic nitrogens is 1. The highest BCUT2D eigenvalue weighted by atomic mass is 16.3. The van der Waals surface area contributed by atoms with Crippen LogP contribution >= 0.6 is 0 Å². The predicted molar refractivity (Wildman–Crippen MR) is 109 cm³/mol. The molecule has 0 aliphatic heterocycles. The second kappa shape index (κ2) is 6.47. The number of amides is 1. The van der Waals surface area contributed by atoms with Gasteiger partial charge in [0.05, 0.1) is 5.41 Å². The van der Waals surface area contributed by atoms with Gasteiger partial charge < -0.3 is 15.4 Å². The number of phenolic OH excluding ortho intramolecular Hbond substituents is 1. The maximum absolute atomic E-state index is 12.8. The average Bonchev–Trinajstić information content (AvgIpc) is 3.05. The molecule has 0 aliphatic rings. The van der Waals surface area contributed by atoms with E-state index in [-0.39, 0.29) is 11.7 Å². The number of phenols is 1. The Balaban J connectivity index is 1.59. The van der Waals surface area contributed by atoms with Crippen molar-refractivity contribution in [2.24, 2.45) is 0 Å². The molecule has 4 aromatic rings. The van der Waals surface area contributed by atoms with Crippen LogP contribution in [0.5, 0.6) is 5.75 Å². The highest BCUT2D eigenvalue weighted by Crippen LogP contribution is 2.30. The molecule has 136 valence electrons. The lowest BCUT2D eigenvalue weighted by Gasteiger charge is -2.24. The van der Waals surface area contributed by atoms with Crippen molar-refractivity contribution < 1.29 is 9.90 Å². The molecule has 0 atom stereocenters. The Morgan fingerprint density at radius 1 is 0.963 bits per heavy atom. The normalized spacial score (nSPS) is 11.8. The SMILES string of the molecule is CC(C)(C(=O)NCc1ccc(O)cc1)c1ccc2c(c1)[nH]c1ccccc12. The summed E-state index contributed by atoms with van der Waals surface area (Å²) in [5.74, 6) is 0.183. The molecule has 0 saturated carbocycles. The fraction of sp³-hybridized carbons (Fsp3) is 0.174. The van der Waals surface area contributed by atoms with Gasteiger partial charge in [0.25, 0.3) is 0 Å². The number of hydrogen-bond acceptors (Lipinski definition) is 2. The summed E-state index contributed by atoms with van der Waals surface area (Å²) in [6.45, 7) is 4.29. The number of nitrogens with one attached hydrogen (secondary N) is 2. The molecular weight excluding hydrogens is 336 g/mol. The molecule has 1 amide bonds. The van der Waals surface area contributed by atoms with Crippen LogP contribution in [-0.4, -0.2) is 16.0 Å². The first-order chi connectivity index (χ1) is 12.9. The highest BCUT2D eigenvalue weighted by molar-refractivity contribution is 6.07. The molecule has 4 rings (SSSR count). The van der Waals surface area contributed by atoms with E-state index < -0.39 is 5.41 Å². The van der Waals surface area contributed by atoms with Crippen molar-refractivity contribution in [1.29, 1.82) is 0 Å². The maximum atomic E-state index is 12.8. The predicted octanol–water partition coefficient (Wildman–Crippen LogP) is 4.62. The van der Waals surface area contributed by atoms with E-state index in [1.165, 1.54) is 5.39 Å². The molecule has 0 bridgehead atoms. The van der Waals surface area contributed by atoms with Crippen molar-refractivity contribution in [1.82, 2.24) is 10.3 Å². The van der Waals surface area contributed by atoms with Gasteiger partial charge in [-0.2, -0.15) is 0 Å². The van der Waals surface area contributed by atoms with E-state index in [0.717, 1.165) is 27.5 Å².